The maximum absolute atomic E-state index is 5.79. The van der Waals surface area contributed by atoms with Crippen molar-refractivity contribution in [1.29, 1.82) is 0 Å². The van der Waals surface area contributed by atoms with Crippen molar-refractivity contribution in [3.8, 4) is 5.75 Å². The Kier molecular flexibility index (Phi) is 2.35. The molecule has 3 rings (SSSR count). The van der Waals surface area contributed by atoms with Crippen LogP contribution in [0.15, 0.2) is 16.5 Å². The second-order valence-electron chi connectivity index (χ2n) is 5.09. The van der Waals surface area contributed by atoms with Gasteiger partial charge >= 0.3 is 0 Å². The molecule has 0 amide bonds. The van der Waals surface area contributed by atoms with Gasteiger partial charge in [0.2, 0.25) is 0 Å². The molecule has 0 saturated heterocycles. The van der Waals surface area contributed by atoms with Crippen molar-refractivity contribution in [2.24, 2.45) is 0 Å². The minimum absolute atomic E-state index is 0.279. The van der Waals surface area contributed by atoms with E-state index in [1.54, 1.807) is 0 Å². The first-order chi connectivity index (χ1) is 8.13. The largest absolute Gasteiger partial charge is 0.489 e. The normalized spacial score (nSPS) is 19.4. The lowest BCUT2D eigenvalue weighted by atomic mass is 10.1. The minimum Gasteiger partial charge on any atom is -0.489 e. The van der Waals surface area contributed by atoms with Crippen molar-refractivity contribution in [3.05, 3.63) is 23.6 Å². The number of aromatic nitrogens is 1. The highest BCUT2D eigenvalue weighted by molar-refractivity contribution is 5.75. The summed E-state index contributed by atoms with van der Waals surface area (Å²) in [5.41, 5.74) is 2.85. The fraction of sp³-hybridized carbons (Fsp3) is 0.500. The smallest absolute Gasteiger partial charge is 0.156 e. The van der Waals surface area contributed by atoms with Gasteiger partial charge in [-0.2, -0.15) is 0 Å². The predicted molar refractivity (Wildman–Crippen MR) is 66.5 cm³/mol. The highest BCUT2D eigenvalue weighted by atomic mass is 16.5. The van der Waals surface area contributed by atoms with E-state index >= 15 is 0 Å². The van der Waals surface area contributed by atoms with Crippen molar-refractivity contribution in [1.82, 2.24) is 4.98 Å². The van der Waals surface area contributed by atoms with Gasteiger partial charge in [-0.1, -0.05) is 13.8 Å². The average Bonchev–Trinajstić information content (AvgIpc) is 2.68. The molecule has 2 aromatic heterocycles. The molecule has 0 saturated carbocycles. The summed E-state index contributed by atoms with van der Waals surface area (Å²) < 4.78 is 11.6. The molecule has 3 nitrogen and oxygen atoms in total. The Bertz CT molecular complexity index is 557. The number of furan rings is 1. The maximum Gasteiger partial charge on any atom is 0.156 e. The summed E-state index contributed by atoms with van der Waals surface area (Å²) in [6, 6.07) is 4.03. The molecule has 3 heteroatoms. The maximum atomic E-state index is 5.79. The van der Waals surface area contributed by atoms with Crippen molar-refractivity contribution < 1.29 is 9.15 Å². The van der Waals surface area contributed by atoms with E-state index in [-0.39, 0.29) is 6.10 Å². The third-order valence-corrected chi connectivity index (χ3v) is 3.25. The van der Waals surface area contributed by atoms with Crippen LogP contribution in [0.4, 0.5) is 0 Å². The Morgan fingerprint density at radius 2 is 2.18 bits per heavy atom. The van der Waals surface area contributed by atoms with E-state index in [1.165, 1.54) is 0 Å². The topological polar surface area (TPSA) is 35.3 Å². The minimum atomic E-state index is 0.279. The van der Waals surface area contributed by atoms with Crippen LogP contribution in [0.5, 0.6) is 5.75 Å². The van der Waals surface area contributed by atoms with E-state index in [9.17, 15) is 0 Å². The van der Waals surface area contributed by atoms with E-state index in [0.717, 1.165) is 41.1 Å². The van der Waals surface area contributed by atoms with Gasteiger partial charge in [-0.3, -0.25) is 0 Å². The van der Waals surface area contributed by atoms with Gasteiger partial charge in [0.15, 0.2) is 5.58 Å². The molecule has 0 N–H and O–H groups in total. The monoisotopic (exact) mass is 231 g/mol. The molecule has 0 spiro atoms. The Hall–Kier alpha value is -1.51. The van der Waals surface area contributed by atoms with Crippen LogP contribution in [0, 0.1) is 0 Å². The van der Waals surface area contributed by atoms with Gasteiger partial charge in [-0.25, -0.2) is 4.98 Å². The molecule has 0 fully saturated rings. The number of hydrogen-bond donors (Lipinski definition) is 0. The van der Waals surface area contributed by atoms with Crippen LogP contribution in [0.1, 0.15) is 44.6 Å². The van der Waals surface area contributed by atoms with Gasteiger partial charge in [0.1, 0.15) is 17.0 Å². The molecule has 1 aliphatic rings. The Morgan fingerprint density at radius 3 is 2.94 bits per heavy atom. The third kappa shape index (κ3) is 1.79. The van der Waals surface area contributed by atoms with Crippen LogP contribution >= 0.6 is 0 Å². The summed E-state index contributed by atoms with van der Waals surface area (Å²) in [6.45, 7) is 6.33. The lowest BCUT2D eigenvalue weighted by molar-refractivity contribution is 0.190. The highest BCUT2D eigenvalue weighted by Crippen LogP contribution is 2.32. The summed E-state index contributed by atoms with van der Waals surface area (Å²) in [6.07, 6.45) is 2.32. The molecule has 2 aromatic rings. The van der Waals surface area contributed by atoms with Gasteiger partial charge in [0.25, 0.3) is 0 Å². The van der Waals surface area contributed by atoms with Crippen LogP contribution in [0.2, 0.25) is 0 Å². The van der Waals surface area contributed by atoms with Gasteiger partial charge in [0, 0.05) is 18.1 Å². The lowest BCUT2D eigenvalue weighted by Crippen LogP contribution is -2.19. The standard InChI is InChI=1S/C14H17NO2/c1-8(2)12-6-11-14(17-12)7-13-10(15-11)5-4-9(3)16-13/h6-9H,4-5H2,1-3H3. The first-order valence-electron chi connectivity index (χ1n) is 6.23. The second kappa shape index (κ2) is 3.76. The fourth-order valence-electron chi connectivity index (χ4n) is 2.19. The van der Waals surface area contributed by atoms with E-state index in [2.05, 4.69) is 25.8 Å². The van der Waals surface area contributed by atoms with Gasteiger partial charge in [-0.05, 0) is 19.8 Å². The molecule has 0 radical (unpaired) electrons. The van der Waals surface area contributed by atoms with E-state index in [4.69, 9.17) is 9.15 Å². The van der Waals surface area contributed by atoms with Crippen LogP contribution in [-0.4, -0.2) is 11.1 Å². The molecule has 3 heterocycles. The zero-order valence-electron chi connectivity index (χ0n) is 10.5. The molecule has 90 valence electrons. The number of fused-ring (bicyclic) bond motifs is 2. The molecule has 1 aliphatic heterocycles. The van der Waals surface area contributed by atoms with Gasteiger partial charge in [-0.15, -0.1) is 0 Å². The number of hydrogen-bond acceptors (Lipinski definition) is 3. The molecule has 0 aliphatic carbocycles. The number of pyridine rings is 1. The SMILES string of the molecule is CC1CCc2nc3cc(C(C)C)oc3cc2O1. The summed E-state index contributed by atoms with van der Waals surface area (Å²) in [4.78, 5) is 4.63. The van der Waals surface area contributed by atoms with Crippen LogP contribution in [-0.2, 0) is 6.42 Å². The van der Waals surface area contributed by atoms with Crippen LogP contribution in [0.25, 0.3) is 11.1 Å². The van der Waals surface area contributed by atoms with Crippen molar-refractivity contribution in [3.63, 3.8) is 0 Å². The molecular weight excluding hydrogens is 214 g/mol. The summed E-state index contributed by atoms with van der Waals surface area (Å²) >= 11 is 0. The molecular formula is C14H17NO2. The molecule has 1 unspecified atom stereocenters. The molecule has 0 aromatic carbocycles. The number of aryl methyl sites for hydroxylation is 1. The zero-order valence-corrected chi connectivity index (χ0v) is 10.5. The first-order valence-corrected chi connectivity index (χ1v) is 6.23. The summed E-state index contributed by atoms with van der Waals surface area (Å²) in [7, 11) is 0. The second-order valence-corrected chi connectivity index (χ2v) is 5.09. The van der Waals surface area contributed by atoms with Crippen molar-refractivity contribution in [2.75, 3.05) is 0 Å². The van der Waals surface area contributed by atoms with E-state index < -0.39 is 0 Å². The Morgan fingerprint density at radius 1 is 1.35 bits per heavy atom. The molecule has 17 heavy (non-hydrogen) atoms. The predicted octanol–water partition coefficient (Wildman–Crippen LogP) is 3.66. The van der Waals surface area contributed by atoms with Crippen molar-refractivity contribution in [2.45, 2.75) is 45.6 Å². The van der Waals surface area contributed by atoms with Crippen LogP contribution in [0.3, 0.4) is 0 Å². The molecule has 1 atom stereocenters. The summed E-state index contributed by atoms with van der Waals surface area (Å²) in [5, 5.41) is 0. The zero-order chi connectivity index (χ0) is 12.0. The highest BCUT2D eigenvalue weighted by Gasteiger charge is 2.19. The van der Waals surface area contributed by atoms with E-state index in [0.29, 0.717) is 5.92 Å². The number of rotatable bonds is 1. The van der Waals surface area contributed by atoms with Crippen LogP contribution < -0.4 is 4.74 Å². The van der Waals surface area contributed by atoms with Crippen molar-refractivity contribution >= 4 is 11.1 Å². The quantitative estimate of drug-likeness (QED) is 0.751. The lowest BCUT2D eigenvalue weighted by Gasteiger charge is -2.21. The number of nitrogens with zero attached hydrogens (tertiary/aromatic N) is 1. The van der Waals surface area contributed by atoms with Gasteiger partial charge in [0.05, 0.1) is 11.8 Å². The van der Waals surface area contributed by atoms with Gasteiger partial charge < -0.3 is 9.15 Å². The Balaban J connectivity index is 2.12. The molecule has 0 bridgehead atoms. The van der Waals surface area contributed by atoms with E-state index in [1.807, 2.05) is 12.1 Å². The third-order valence-electron chi connectivity index (χ3n) is 3.25. The fourth-order valence-corrected chi connectivity index (χ4v) is 2.19. The first kappa shape index (κ1) is 10.6. The average molecular weight is 231 g/mol. The number of ether oxygens (including phenoxy) is 1. The summed E-state index contributed by atoms with van der Waals surface area (Å²) in [5.74, 6) is 2.27. The Labute approximate surface area is 101 Å².